The van der Waals surface area contributed by atoms with Crippen molar-refractivity contribution in [3.63, 3.8) is 0 Å². The van der Waals surface area contributed by atoms with E-state index in [0.29, 0.717) is 12.2 Å². The molecule has 0 rings (SSSR count). The van der Waals surface area contributed by atoms with Crippen LogP contribution in [-0.2, 0) is 9.53 Å². The Kier molecular flexibility index (Phi) is 4.93. The van der Waals surface area contributed by atoms with Gasteiger partial charge in [-0.05, 0) is 13.3 Å². The molecule has 0 saturated carbocycles. The molecule has 10 heavy (non-hydrogen) atoms. The van der Waals surface area contributed by atoms with Gasteiger partial charge >= 0.3 is 5.97 Å². The molecule has 0 spiro atoms. The van der Waals surface area contributed by atoms with E-state index in [4.69, 9.17) is 4.74 Å². The highest BCUT2D eigenvalue weighted by Crippen LogP contribution is 1.93. The maximum Gasteiger partial charge on any atom is 0.333 e. The van der Waals surface area contributed by atoms with Gasteiger partial charge in [-0.15, -0.1) is 0 Å². The molecule has 0 aromatic rings. The van der Waals surface area contributed by atoms with E-state index in [-0.39, 0.29) is 5.97 Å². The van der Waals surface area contributed by atoms with E-state index in [1.54, 1.807) is 6.92 Å². The molecule has 0 aromatic carbocycles. The first-order valence-electron chi connectivity index (χ1n) is 3.51. The predicted octanol–water partition coefficient (Wildman–Crippen LogP) is 0.279. The molecule has 0 amide bonds. The van der Waals surface area contributed by atoms with Crippen molar-refractivity contribution >= 4 is 16.2 Å². The van der Waals surface area contributed by atoms with Crippen molar-refractivity contribution in [1.82, 2.24) is 0 Å². The summed E-state index contributed by atoms with van der Waals surface area (Å²) in [6, 6.07) is 1.18. The molecule has 2 nitrogen and oxygen atoms in total. The highest BCUT2D eigenvalue weighted by Gasteiger charge is 2.00. The molecule has 0 N–H and O–H groups in total. The second-order valence-corrected chi connectivity index (χ2v) is 3.27. The summed E-state index contributed by atoms with van der Waals surface area (Å²) >= 11 is 0. The predicted molar refractivity (Wildman–Crippen MR) is 45.1 cm³/mol. The van der Waals surface area contributed by atoms with Crippen LogP contribution in [-0.4, -0.2) is 22.8 Å². The van der Waals surface area contributed by atoms with Crippen molar-refractivity contribution < 1.29 is 9.53 Å². The van der Waals surface area contributed by atoms with E-state index in [1.165, 1.54) is 16.3 Å². The van der Waals surface area contributed by atoms with Gasteiger partial charge in [-0.3, -0.25) is 0 Å². The van der Waals surface area contributed by atoms with Crippen LogP contribution in [0.1, 0.15) is 13.3 Å². The molecule has 0 aliphatic heterocycles. The first kappa shape index (κ1) is 9.43. The van der Waals surface area contributed by atoms with Crippen molar-refractivity contribution in [3.8, 4) is 0 Å². The third-order valence-electron chi connectivity index (χ3n) is 1.08. The summed E-state index contributed by atoms with van der Waals surface area (Å²) in [5.41, 5.74) is 0.480. The Morgan fingerprint density at radius 1 is 1.70 bits per heavy atom. The summed E-state index contributed by atoms with van der Waals surface area (Å²) in [5, 5.41) is 0. The summed E-state index contributed by atoms with van der Waals surface area (Å²) in [6.45, 7) is 5.67. The lowest BCUT2D eigenvalue weighted by atomic mass is 10.4. The molecule has 0 heterocycles. The van der Waals surface area contributed by atoms with Gasteiger partial charge in [0.25, 0.3) is 0 Å². The van der Waals surface area contributed by atoms with E-state index < -0.39 is 0 Å². The highest BCUT2D eigenvalue weighted by atomic mass is 28.1. The molecule has 0 unspecified atom stereocenters. The van der Waals surface area contributed by atoms with Gasteiger partial charge in [-0.2, -0.15) is 0 Å². The Labute approximate surface area is 64.7 Å². The van der Waals surface area contributed by atoms with E-state index in [0.717, 1.165) is 6.42 Å². The Hall–Kier alpha value is -0.573. The average Bonchev–Trinajstić information content (AvgIpc) is 1.88. The van der Waals surface area contributed by atoms with Crippen molar-refractivity contribution in [2.45, 2.75) is 19.4 Å². The lowest BCUT2D eigenvalue weighted by Crippen LogP contribution is -2.05. The van der Waals surface area contributed by atoms with Crippen LogP contribution >= 0.6 is 0 Å². The molecule has 0 radical (unpaired) electrons. The number of carbonyl (C=O) groups is 1. The Morgan fingerprint density at radius 3 is 2.70 bits per heavy atom. The Morgan fingerprint density at radius 2 is 2.30 bits per heavy atom. The molecule has 0 bridgehead atoms. The highest BCUT2D eigenvalue weighted by molar-refractivity contribution is 6.08. The third kappa shape index (κ3) is 4.32. The minimum Gasteiger partial charge on any atom is -0.462 e. The van der Waals surface area contributed by atoms with E-state index in [1.807, 2.05) is 0 Å². The second-order valence-electron chi connectivity index (χ2n) is 2.27. The lowest BCUT2D eigenvalue weighted by molar-refractivity contribution is -0.138. The van der Waals surface area contributed by atoms with Crippen LogP contribution in [0.2, 0.25) is 6.04 Å². The van der Waals surface area contributed by atoms with E-state index in [9.17, 15) is 4.79 Å². The molecule has 0 aliphatic carbocycles. The molecule has 0 aromatic heterocycles. The molecular formula is C7H14O2Si. The molecular weight excluding hydrogens is 144 g/mol. The van der Waals surface area contributed by atoms with E-state index in [2.05, 4.69) is 6.58 Å². The lowest BCUT2D eigenvalue weighted by Gasteiger charge is -2.01. The summed E-state index contributed by atoms with van der Waals surface area (Å²) in [4.78, 5) is 10.7. The summed E-state index contributed by atoms with van der Waals surface area (Å²) in [5.74, 6) is -0.268. The number of hydrogen-bond acceptors (Lipinski definition) is 2. The zero-order valence-electron chi connectivity index (χ0n) is 6.64. The normalized spacial score (nSPS) is 9.30. The standard InChI is InChI=1S/C7H14O2Si/c1-6(2)7(8)9-4-3-5-10/h1,3-5H2,2,10H3. The fraction of sp³-hybridized carbons (Fsp3) is 0.571. The SMILES string of the molecule is C=C(C)C(=O)OCCC[SiH3]. The Bertz CT molecular complexity index is 132. The van der Waals surface area contributed by atoms with Crippen LogP contribution in [0.15, 0.2) is 12.2 Å². The van der Waals surface area contributed by atoms with Crippen molar-refractivity contribution in [3.05, 3.63) is 12.2 Å². The van der Waals surface area contributed by atoms with Crippen LogP contribution in [0.25, 0.3) is 0 Å². The number of rotatable bonds is 4. The van der Waals surface area contributed by atoms with Gasteiger partial charge in [0.1, 0.15) is 0 Å². The summed E-state index contributed by atoms with van der Waals surface area (Å²) in [6.07, 6.45) is 0.991. The Balaban J connectivity index is 3.31. The first-order valence-corrected chi connectivity index (χ1v) is 4.92. The van der Waals surface area contributed by atoms with Gasteiger partial charge in [0.15, 0.2) is 0 Å². The summed E-state index contributed by atoms with van der Waals surface area (Å²) < 4.78 is 4.83. The molecule has 58 valence electrons. The van der Waals surface area contributed by atoms with Gasteiger partial charge < -0.3 is 4.74 Å². The van der Waals surface area contributed by atoms with Crippen molar-refractivity contribution in [2.75, 3.05) is 6.61 Å². The van der Waals surface area contributed by atoms with Gasteiger partial charge in [0.2, 0.25) is 0 Å². The smallest absolute Gasteiger partial charge is 0.333 e. The number of carbonyl (C=O) groups excluding carboxylic acids is 1. The van der Waals surface area contributed by atoms with Crippen LogP contribution in [0, 0.1) is 0 Å². The molecule has 0 aliphatic rings. The minimum absolute atomic E-state index is 0.268. The largest absolute Gasteiger partial charge is 0.462 e. The second kappa shape index (κ2) is 5.23. The van der Waals surface area contributed by atoms with Gasteiger partial charge in [0.05, 0.1) is 6.61 Å². The monoisotopic (exact) mass is 158 g/mol. The zero-order chi connectivity index (χ0) is 7.98. The van der Waals surface area contributed by atoms with Gasteiger partial charge in [-0.25, -0.2) is 4.79 Å². The number of hydrogen-bond donors (Lipinski definition) is 0. The van der Waals surface area contributed by atoms with Crippen molar-refractivity contribution in [1.29, 1.82) is 0 Å². The zero-order valence-corrected chi connectivity index (χ0v) is 8.64. The number of ether oxygens (including phenoxy) is 1. The van der Waals surface area contributed by atoms with E-state index >= 15 is 0 Å². The maximum atomic E-state index is 10.7. The topological polar surface area (TPSA) is 26.3 Å². The molecule has 0 fully saturated rings. The summed E-state index contributed by atoms with van der Waals surface area (Å²) in [7, 11) is 1.18. The van der Waals surface area contributed by atoms with Crippen LogP contribution in [0.5, 0.6) is 0 Å². The quantitative estimate of drug-likeness (QED) is 0.254. The van der Waals surface area contributed by atoms with Gasteiger partial charge in [-0.1, -0.05) is 12.6 Å². The number of esters is 1. The van der Waals surface area contributed by atoms with Crippen LogP contribution in [0.3, 0.4) is 0 Å². The fourth-order valence-electron chi connectivity index (χ4n) is 0.432. The van der Waals surface area contributed by atoms with Crippen LogP contribution < -0.4 is 0 Å². The minimum atomic E-state index is -0.268. The first-order chi connectivity index (χ1) is 4.68. The fourth-order valence-corrected chi connectivity index (χ4v) is 0.721. The van der Waals surface area contributed by atoms with Gasteiger partial charge in [0, 0.05) is 15.8 Å². The molecule has 0 saturated heterocycles. The molecule has 3 heteroatoms. The van der Waals surface area contributed by atoms with Crippen LogP contribution in [0.4, 0.5) is 0 Å². The maximum absolute atomic E-state index is 10.7. The average molecular weight is 158 g/mol. The van der Waals surface area contributed by atoms with Crippen molar-refractivity contribution in [2.24, 2.45) is 0 Å². The third-order valence-corrected chi connectivity index (χ3v) is 1.79. The molecule has 0 atom stereocenters.